The van der Waals surface area contributed by atoms with Crippen molar-refractivity contribution in [3.8, 4) is 0 Å². The van der Waals surface area contributed by atoms with Gasteiger partial charge in [0.05, 0.1) is 0 Å². The monoisotopic (exact) mass is 313 g/mol. The molecular weight excluding hydrogens is 298 g/mol. The van der Waals surface area contributed by atoms with Gasteiger partial charge in [-0.2, -0.15) is 0 Å². The molecule has 1 aromatic carbocycles. The Morgan fingerprint density at radius 3 is 2.68 bits per heavy atom. The molecular formula is C13H16ClN3S2. The van der Waals surface area contributed by atoms with Gasteiger partial charge in [0.2, 0.25) is 0 Å². The van der Waals surface area contributed by atoms with Crippen molar-refractivity contribution in [2.75, 3.05) is 5.75 Å². The molecule has 1 aromatic rings. The number of nitrogens with one attached hydrogen (secondary N) is 1. The Balaban J connectivity index is 1.97. The van der Waals surface area contributed by atoms with E-state index >= 15 is 0 Å². The van der Waals surface area contributed by atoms with Crippen LogP contribution in [0, 0.1) is 0 Å². The molecule has 0 fully saturated rings. The minimum Gasteiger partial charge on any atom is -0.376 e. The molecule has 0 radical (unpaired) electrons. The SMILES string of the molecule is NC(=S)NS1(CCCc2ccccc2)C=CN=C1Cl. The number of nitrogens with zero attached hydrogens (tertiary/aromatic N) is 1. The Labute approximate surface area is 125 Å². The molecule has 102 valence electrons. The summed E-state index contributed by atoms with van der Waals surface area (Å²) in [4.78, 5) is 4.13. The zero-order valence-corrected chi connectivity index (χ0v) is 12.8. The van der Waals surface area contributed by atoms with Crippen LogP contribution in [-0.2, 0) is 6.42 Å². The molecule has 19 heavy (non-hydrogen) atoms. The van der Waals surface area contributed by atoms with E-state index < -0.39 is 10.2 Å². The van der Waals surface area contributed by atoms with Gasteiger partial charge in [0, 0.05) is 12.0 Å². The summed E-state index contributed by atoms with van der Waals surface area (Å²) in [5.41, 5.74) is 6.92. The summed E-state index contributed by atoms with van der Waals surface area (Å²) in [7, 11) is -1.49. The van der Waals surface area contributed by atoms with Gasteiger partial charge in [-0.3, -0.25) is 0 Å². The average Bonchev–Trinajstić information content (AvgIpc) is 2.71. The van der Waals surface area contributed by atoms with Gasteiger partial charge in [-0.25, -0.2) is 4.99 Å². The maximum absolute atomic E-state index is 6.21. The summed E-state index contributed by atoms with van der Waals surface area (Å²) < 4.78 is 3.71. The summed E-state index contributed by atoms with van der Waals surface area (Å²) in [5, 5.41) is 2.27. The Hall–Kier alpha value is -1.04. The van der Waals surface area contributed by atoms with Crippen LogP contribution < -0.4 is 10.5 Å². The molecule has 1 aliphatic rings. The average molecular weight is 314 g/mol. The molecule has 0 saturated carbocycles. The Bertz CT molecular complexity index is 516. The number of hydrogen-bond donors (Lipinski definition) is 2. The third-order valence-electron chi connectivity index (χ3n) is 2.83. The van der Waals surface area contributed by atoms with E-state index in [1.54, 1.807) is 6.20 Å². The number of aryl methyl sites for hydroxylation is 1. The standard InChI is InChI=1S/C13H16ClN3S2/c14-12-16-8-10-19(12,17-13(15)18)9-4-7-11-5-2-1-3-6-11/h1-3,5-6,8,10H,4,7,9H2,(H3,15,17,18). The normalized spacial score (nSPS) is 24.6. The van der Waals surface area contributed by atoms with Crippen LogP contribution in [-0.4, -0.2) is 15.4 Å². The summed E-state index contributed by atoms with van der Waals surface area (Å²) in [6, 6.07) is 10.4. The first kappa shape index (κ1) is 14.4. The first-order chi connectivity index (χ1) is 9.12. The Morgan fingerprint density at radius 1 is 1.37 bits per heavy atom. The summed E-state index contributed by atoms with van der Waals surface area (Å²) >= 11 is 11.1. The molecule has 0 aromatic heterocycles. The fourth-order valence-corrected chi connectivity index (χ4v) is 5.10. The quantitative estimate of drug-likeness (QED) is 0.820. The van der Waals surface area contributed by atoms with Gasteiger partial charge in [-0.15, -0.1) is 0 Å². The second-order valence-electron chi connectivity index (χ2n) is 4.22. The van der Waals surface area contributed by atoms with Gasteiger partial charge >= 0.3 is 0 Å². The van der Waals surface area contributed by atoms with E-state index in [4.69, 9.17) is 29.6 Å². The third kappa shape index (κ3) is 3.72. The number of benzene rings is 1. The molecule has 0 amide bonds. The highest BCUT2D eigenvalue weighted by molar-refractivity contribution is 8.48. The van der Waals surface area contributed by atoms with E-state index in [9.17, 15) is 0 Å². The molecule has 0 aliphatic carbocycles. The molecule has 3 N–H and O–H groups in total. The zero-order chi connectivity index (χ0) is 13.7. The van der Waals surface area contributed by atoms with Gasteiger partial charge in [0.15, 0.2) is 9.62 Å². The van der Waals surface area contributed by atoms with Crippen molar-refractivity contribution < 1.29 is 0 Å². The van der Waals surface area contributed by atoms with Crippen LogP contribution in [0.1, 0.15) is 12.0 Å². The second-order valence-corrected chi connectivity index (χ2v) is 8.10. The lowest BCUT2D eigenvalue weighted by Crippen LogP contribution is -2.34. The predicted molar refractivity (Wildman–Crippen MR) is 89.6 cm³/mol. The first-order valence-electron chi connectivity index (χ1n) is 5.94. The topological polar surface area (TPSA) is 50.4 Å². The molecule has 0 spiro atoms. The minimum absolute atomic E-state index is 0.273. The van der Waals surface area contributed by atoms with Crippen LogP contribution in [0.5, 0.6) is 0 Å². The van der Waals surface area contributed by atoms with Gasteiger partial charge in [0.25, 0.3) is 0 Å². The van der Waals surface area contributed by atoms with E-state index in [2.05, 4.69) is 34.0 Å². The van der Waals surface area contributed by atoms with Crippen molar-refractivity contribution in [3.05, 3.63) is 47.5 Å². The van der Waals surface area contributed by atoms with Crippen molar-refractivity contribution in [2.45, 2.75) is 12.8 Å². The van der Waals surface area contributed by atoms with Crippen LogP contribution in [0.2, 0.25) is 0 Å². The van der Waals surface area contributed by atoms with Crippen molar-refractivity contribution in [1.29, 1.82) is 0 Å². The summed E-state index contributed by atoms with van der Waals surface area (Å²) in [5.74, 6) is 0.887. The Morgan fingerprint density at radius 2 is 2.11 bits per heavy atom. The zero-order valence-electron chi connectivity index (χ0n) is 10.4. The van der Waals surface area contributed by atoms with Crippen LogP contribution in [0.4, 0.5) is 0 Å². The third-order valence-corrected chi connectivity index (χ3v) is 6.79. The number of halogens is 1. The van der Waals surface area contributed by atoms with Crippen molar-refractivity contribution >= 4 is 43.6 Å². The lowest BCUT2D eigenvalue weighted by atomic mass is 10.1. The van der Waals surface area contributed by atoms with Gasteiger partial charge in [-0.1, -0.05) is 52.1 Å². The molecule has 0 bridgehead atoms. The van der Waals surface area contributed by atoms with Crippen molar-refractivity contribution in [2.24, 2.45) is 10.7 Å². The number of thiocarbonyl (C=S) groups is 1. The van der Waals surface area contributed by atoms with E-state index in [0.29, 0.717) is 4.50 Å². The summed E-state index contributed by atoms with van der Waals surface area (Å²) in [6.45, 7) is 0. The highest BCUT2D eigenvalue weighted by Gasteiger charge is 2.29. The lowest BCUT2D eigenvalue weighted by molar-refractivity contribution is 0.929. The molecule has 2 rings (SSSR count). The number of hydrogen-bond acceptors (Lipinski definition) is 2. The highest BCUT2D eigenvalue weighted by Crippen LogP contribution is 2.52. The molecule has 6 heteroatoms. The maximum atomic E-state index is 6.21. The van der Waals surface area contributed by atoms with Gasteiger partial charge in [0.1, 0.15) is 0 Å². The van der Waals surface area contributed by atoms with Gasteiger partial charge < -0.3 is 10.5 Å². The predicted octanol–water partition coefficient (Wildman–Crippen LogP) is 3.25. The minimum atomic E-state index is -1.49. The molecule has 1 heterocycles. The lowest BCUT2D eigenvalue weighted by Gasteiger charge is -2.33. The number of aliphatic imine (C=N–C) groups is 1. The van der Waals surface area contributed by atoms with Crippen LogP contribution >= 0.6 is 34.0 Å². The van der Waals surface area contributed by atoms with E-state index in [1.807, 2.05) is 11.5 Å². The largest absolute Gasteiger partial charge is 0.376 e. The highest BCUT2D eigenvalue weighted by atomic mass is 35.5. The van der Waals surface area contributed by atoms with Crippen LogP contribution in [0.15, 0.2) is 46.9 Å². The summed E-state index contributed by atoms with van der Waals surface area (Å²) in [6.07, 6.45) is 3.74. The van der Waals surface area contributed by atoms with E-state index in [0.717, 1.165) is 18.6 Å². The van der Waals surface area contributed by atoms with Crippen LogP contribution in [0.3, 0.4) is 0 Å². The maximum Gasteiger partial charge on any atom is 0.173 e. The van der Waals surface area contributed by atoms with Gasteiger partial charge in [-0.05, 0) is 36.0 Å². The molecule has 1 aliphatic heterocycles. The molecule has 3 nitrogen and oxygen atoms in total. The van der Waals surface area contributed by atoms with E-state index in [-0.39, 0.29) is 5.11 Å². The molecule has 0 saturated heterocycles. The molecule has 1 unspecified atom stereocenters. The molecule has 1 atom stereocenters. The van der Waals surface area contributed by atoms with Crippen LogP contribution in [0.25, 0.3) is 0 Å². The smallest absolute Gasteiger partial charge is 0.173 e. The number of nitrogens with two attached hydrogens (primary N) is 1. The number of rotatable bonds is 5. The second kappa shape index (κ2) is 6.41. The van der Waals surface area contributed by atoms with Crippen molar-refractivity contribution in [1.82, 2.24) is 4.72 Å². The Kier molecular flexibility index (Phi) is 4.85. The fourth-order valence-electron chi connectivity index (χ4n) is 1.95. The van der Waals surface area contributed by atoms with E-state index in [1.165, 1.54) is 5.56 Å². The first-order valence-corrected chi connectivity index (χ1v) is 8.60. The van der Waals surface area contributed by atoms with Crippen molar-refractivity contribution in [3.63, 3.8) is 0 Å². The fraction of sp³-hybridized carbons (Fsp3) is 0.231.